The summed E-state index contributed by atoms with van der Waals surface area (Å²) < 4.78 is 0. The standard InChI is InChI=1S/C12H24N2/c1-4-5-6-10-13-14-11(2)8-7-9-12(14)3/h4,11-13H,1,5-10H2,2-3H3. The molecule has 1 fully saturated rings. The molecule has 1 heterocycles. The van der Waals surface area contributed by atoms with Crippen molar-refractivity contribution in [1.82, 2.24) is 10.4 Å². The maximum Gasteiger partial charge on any atom is 0.0218 e. The molecule has 1 rings (SSSR count). The molecule has 0 bridgehead atoms. The summed E-state index contributed by atoms with van der Waals surface area (Å²) in [6.07, 6.45) is 8.35. The predicted octanol–water partition coefficient (Wildman–Crippen LogP) is 2.72. The van der Waals surface area contributed by atoms with Crippen LogP contribution < -0.4 is 5.43 Å². The Labute approximate surface area is 88.3 Å². The molecule has 0 amide bonds. The molecule has 0 aromatic rings. The van der Waals surface area contributed by atoms with Crippen molar-refractivity contribution in [2.75, 3.05) is 6.54 Å². The molecular formula is C12H24N2. The maximum absolute atomic E-state index is 3.73. The van der Waals surface area contributed by atoms with Gasteiger partial charge >= 0.3 is 0 Å². The third-order valence-electron chi connectivity index (χ3n) is 3.07. The average Bonchev–Trinajstić information content (AvgIpc) is 2.16. The fraction of sp³-hybridized carbons (Fsp3) is 0.833. The average molecular weight is 196 g/mol. The number of hydrogen-bond acceptors (Lipinski definition) is 2. The molecule has 0 aromatic carbocycles. The summed E-state index contributed by atoms with van der Waals surface area (Å²) in [6.45, 7) is 9.45. The van der Waals surface area contributed by atoms with Crippen LogP contribution in [0.15, 0.2) is 12.7 Å². The van der Waals surface area contributed by atoms with Crippen LogP contribution in [0, 0.1) is 0 Å². The first-order chi connectivity index (χ1) is 6.75. The van der Waals surface area contributed by atoms with Crippen LogP contribution in [0.1, 0.15) is 46.0 Å². The summed E-state index contributed by atoms with van der Waals surface area (Å²) in [5.41, 5.74) is 3.54. The van der Waals surface area contributed by atoms with Gasteiger partial charge in [-0.3, -0.25) is 5.43 Å². The van der Waals surface area contributed by atoms with Gasteiger partial charge in [-0.25, -0.2) is 5.01 Å². The van der Waals surface area contributed by atoms with Gasteiger partial charge in [0.05, 0.1) is 0 Å². The van der Waals surface area contributed by atoms with Crippen molar-refractivity contribution in [2.45, 2.75) is 58.0 Å². The minimum Gasteiger partial charge on any atom is -0.255 e. The number of rotatable bonds is 5. The number of nitrogens with one attached hydrogen (secondary N) is 1. The molecule has 1 aliphatic rings. The monoisotopic (exact) mass is 196 g/mol. The minimum atomic E-state index is 0.697. The maximum atomic E-state index is 3.73. The van der Waals surface area contributed by atoms with E-state index in [1.54, 1.807) is 0 Å². The van der Waals surface area contributed by atoms with E-state index in [2.05, 4.69) is 30.9 Å². The van der Waals surface area contributed by atoms with Crippen LogP contribution in [-0.2, 0) is 0 Å². The lowest BCUT2D eigenvalue weighted by molar-refractivity contribution is 0.0463. The van der Waals surface area contributed by atoms with Crippen LogP contribution >= 0.6 is 0 Å². The Kier molecular flexibility index (Phi) is 5.20. The fourth-order valence-electron chi connectivity index (χ4n) is 2.19. The first-order valence-corrected chi connectivity index (χ1v) is 5.88. The van der Waals surface area contributed by atoms with E-state index in [-0.39, 0.29) is 0 Å². The van der Waals surface area contributed by atoms with Gasteiger partial charge in [0.1, 0.15) is 0 Å². The van der Waals surface area contributed by atoms with Gasteiger partial charge < -0.3 is 0 Å². The van der Waals surface area contributed by atoms with Gasteiger partial charge in [0.2, 0.25) is 0 Å². The van der Waals surface area contributed by atoms with Crippen molar-refractivity contribution < 1.29 is 0 Å². The third kappa shape index (κ3) is 3.43. The summed E-state index contributed by atoms with van der Waals surface area (Å²) >= 11 is 0. The molecule has 0 aromatic heterocycles. The lowest BCUT2D eigenvalue weighted by Crippen LogP contribution is -2.52. The van der Waals surface area contributed by atoms with Crippen LogP contribution in [-0.4, -0.2) is 23.6 Å². The largest absolute Gasteiger partial charge is 0.255 e. The summed E-state index contributed by atoms with van der Waals surface area (Å²) in [5, 5.41) is 2.44. The number of unbranched alkanes of at least 4 members (excludes halogenated alkanes) is 1. The quantitative estimate of drug-likeness (QED) is 0.537. The van der Waals surface area contributed by atoms with Crippen molar-refractivity contribution in [3.63, 3.8) is 0 Å². The Balaban J connectivity index is 2.22. The van der Waals surface area contributed by atoms with Gasteiger partial charge in [-0.05, 0) is 39.5 Å². The summed E-state index contributed by atoms with van der Waals surface area (Å²) in [7, 11) is 0. The number of piperidine rings is 1. The first kappa shape index (κ1) is 11.7. The van der Waals surface area contributed by atoms with Crippen molar-refractivity contribution in [1.29, 1.82) is 0 Å². The lowest BCUT2D eigenvalue weighted by Gasteiger charge is -2.39. The second-order valence-corrected chi connectivity index (χ2v) is 4.38. The third-order valence-corrected chi connectivity index (χ3v) is 3.07. The van der Waals surface area contributed by atoms with E-state index in [4.69, 9.17) is 0 Å². The number of nitrogens with zero attached hydrogens (tertiary/aromatic N) is 1. The second kappa shape index (κ2) is 6.20. The van der Waals surface area contributed by atoms with E-state index in [9.17, 15) is 0 Å². The van der Waals surface area contributed by atoms with Gasteiger partial charge in [0, 0.05) is 18.6 Å². The normalized spacial score (nSPS) is 29.0. The highest BCUT2D eigenvalue weighted by atomic mass is 15.5. The molecule has 2 nitrogen and oxygen atoms in total. The Bertz CT molecular complexity index is 158. The van der Waals surface area contributed by atoms with Crippen molar-refractivity contribution in [3.05, 3.63) is 12.7 Å². The zero-order valence-corrected chi connectivity index (χ0v) is 9.63. The molecule has 1 aliphatic heterocycles. The van der Waals surface area contributed by atoms with Gasteiger partial charge in [0.15, 0.2) is 0 Å². The van der Waals surface area contributed by atoms with Gasteiger partial charge in [-0.2, -0.15) is 0 Å². The van der Waals surface area contributed by atoms with E-state index in [1.807, 2.05) is 6.08 Å². The van der Waals surface area contributed by atoms with Gasteiger partial charge in [-0.15, -0.1) is 6.58 Å². The van der Waals surface area contributed by atoms with Crippen LogP contribution in [0.3, 0.4) is 0 Å². The second-order valence-electron chi connectivity index (χ2n) is 4.38. The van der Waals surface area contributed by atoms with E-state index >= 15 is 0 Å². The topological polar surface area (TPSA) is 15.3 Å². The number of hydrogen-bond donors (Lipinski definition) is 1. The molecule has 2 unspecified atom stereocenters. The highest BCUT2D eigenvalue weighted by Crippen LogP contribution is 2.19. The number of hydrazine groups is 1. The lowest BCUT2D eigenvalue weighted by atomic mass is 10.00. The van der Waals surface area contributed by atoms with Crippen molar-refractivity contribution in [3.8, 4) is 0 Å². The highest BCUT2D eigenvalue weighted by molar-refractivity contribution is 4.76. The number of allylic oxidation sites excluding steroid dienone is 1. The van der Waals surface area contributed by atoms with Crippen LogP contribution in [0.5, 0.6) is 0 Å². The molecule has 82 valence electrons. The van der Waals surface area contributed by atoms with Crippen molar-refractivity contribution in [2.24, 2.45) is 0 Å². The van der Waals surface area contributed by atoms with Crippen LogP contribution in [0.2, 0.25) is 0 Å². The summed E-state index contributed by atoms with van der Waals surface area (Å²) in [4.78, 5) is 0. The van der Waals surface area contributed by atoms with Crippen LogP contribution in [0.25, 0.3) is 0 Å². The Morgan fingerprint density at radius 2 is 2.00 bits per heavy atom. The van der Waals surface area contributed by atoms with Gasteiger partial charge in [-0.1, -0.05) is 12.5 Å². The van der Waals surface area contributed by atoms with E-state index in [0.29, 0.717) is 12.1 Å². The Morgan fingerprint density at radius 1 is 1.36 bits per heavy atom. The summed E-state index contributed by atoms with van der Waals surface area (Å²) in [6, 6.07) is 1.39. The molecule has 1 N–H and O–H groups in total. The first-order valence-electron chi connectivity index (χ1n) is 5.88. The predicted molar refractivity (Wildman–Crippen MR) is 62.0 cm³/mol. The SMILES string of the molecule is C=CCCCNN1C(C)CCCC1C. The smallest absolute Gasteiger partial charge is 0.0218 e. The zero-order chi connectivity index (χ0) is 10.4. The van der Waals surface area contributed by atoms with E-state index in [0.717, 1.165) is 13.0 Å². The zero-order valence-electron chi connectivity index (χ0n) is 9.63. The molecule has 0 saturated carbocycles. The molecule has 2 atom stereocenters. The van der Waals surface area contributed by atoms with Crippen LogP contribution in [0.4, 0.5) is 0 Å². The van der Waals surface area contributed by atoms with Crippen molar-refractivity contribution >= 4 is 0 Å². The Morgan fingerprint density at radius 3 is 2.57 bits per heavy atom. The molecular weight excluding hydrogens is 172 g/mol. The molecule has 2 heteroatoms. The molecule has 0 radical (unpaired) electrons. The molecule has 1 saturated heterocycles. The summed E-state index contributed by atoms with van der Waals surface area (Å²) in [5.74, 6) is 0. The Hall–Kier alpha value is -0.340. The minimum absolute atomic E-state index is 0.697. The van der Waals surface area contributed by atoms with E-state index in [1.165, 1.54) is 25.7 Å². The molecule has 0 spiro atoms. The van der Waals surface area contributed by atoms with E-state index < -0.39 is 0 Å². The molecule has 14 heavy (non-hydrogen) atoms. The molecule has 0 aliphatic carbocycles. The van der Waals surface area contributed by atoms with Gasteiger partial charge in [0.25, 0.3) is 0 Å². The fourth-order valence-corrected chi connectivity index (χ4v) is 2.19. The highest BCUT2D eigenvalue weighted by Gasteiger charge is 2.23.